The molecular formula is C33H32ClN3O4. The summed E-state index contributed by atoms with van der Waals surface area (Å²) in [5.74, 6) is 1.18. The second-order valence-corrected chi connectivity index (χ2v) is 12.2. The lowest BCUT2D eigenvalue weighted by Gasteiger charge is -2.29. The predicted octanol–water partition coefficient (Wildman–Crippen LogP) is 5.06. The lowest BCUT2D eigenvalue weighted by atomic mass is 9.99. The number of ether oxygens (including phenoxy) is 1. The molecule has 0 bridgehead atoms. The molecular weight excluding hydrogens is 538 g/mol. The lowest BCUT2D eigenvalue weighted by Crippen LogP contribution is -2.52. The first kappa shape index (κ1) is 26.2. The van der Waals surface area contributed by atoms with Gasteiger partial charge in [-0.1, -0.05) is 48.0 Å². The summed E-state index contributed by atoms with van der Waals surface area (Å²) >= 11 is 6.11. The number of rotatable bonds is 6. The molecule has 3 aliphatic heterocycles. The minimum absolute atomic E-state index is 0.158. The van der Waals surface area contributed by atoms with E-state index in [0.29, 0.717) is 30.4 Å². The van der Waals surface area contributed by atoms with Crippen LogP contribution >= 0.6 is 11.6 Å². The Morgan fingerprint density at radius 1 is 0.902 bits per heavy atom. The molecule has 3 unspecified atom stereocenters. The summed E-state index contributed by atoms with van der Waals surface area (Å²) in [5.41, 5.74) is 5.27. The van der Waals surface area contributed by atoms with Crippen LogP contribution in [0.2, 0.25) is 5.02 Å². The summed E-state index contributed by atoms with van der Waals surface area (Å²) in [7, 11) is 0. The van der Waals surface area contributed by atoms with Crippen LogP contribution in [-0.4, -0.2) is 52.8 Å². The average molecular weight is 570 g/mol. The van der Waals surface area contributed by atoms with Crippen LogP contribution in [0.1, 0.15) is 47.2 Å². The third kappa shape index (κ3) is 5.13. The third-order valence-electron chi connectivity index (χ3n) is 9.15. The van der Waals surface area contributed by atoms with Gasteiger partial charge in [-0.15, -0.1) is 0 Å². The fraction of sp³-hybridized carbons (Fsp3) is 0.364. The molecule has 0 aromatic heterocycles. The van der Waals surface area contributed by atoms with Crippen LogP contribution in [0.3, 0.4) is 0 Å². The molecule has 3 atom stereocenters. The first-order valence-corrected chi connectivity index (χ1v) is 14.8. The molecule has 41 heavy (non-hydrogen) atoms. The van der Waals surface area contributed by atoms with Crippen molar-refractivity contribution in [3.05, 3.63) is 88.4 Å². The van der Waals surface area contributed by atoms with Crippen molar-refractivity contribution >= 4 is 29.3 Å². The number of fused-ring (bicyclic) bond motifs is 2. The molecule has 8 heteroatoms. The van der Waals surface area contributed by atoms with Crippen molar-refractivity contribution in [2.24, 2.45) is 11.8 Å². The number of hydrogen-bond donors (Lipinski definition) is 1. The van der Waals surface area contributed by atoms with E-state index in [-0.39, 0.29) is 30.2 Å². The van der Waals surface area contributed by atoms with E-state index in [4.69, 9.17) is 16.3 Å². The van der Waals surface area contributed by atoms with Crippen LogP contribution in [0.25, 0.3) is 11.1 Å². The summed E-state index contributed by atoms with van der Waals surface area (Å²) in [6.07, 6.45) is 2.83. The largest absolute Gasteiger partial charge is 0.490 e. The lowest BCUT2D eigenvalue weighted by molar-refractivity contribution is -0.136. The zero-order chi connectivity index (χ0) is 28.1. The van der Waals surface area contributed by atoms with E-state index in [1.165, 1.54) is 16.7 Å². The van der Waals surface area contributed by atoms with Gasteiger partial charge in [0.15, 0.2) is 0 Å². The van der Waals surface area contributed by atoms with Gasteiger partial charge < -0.3 is 9.64 Å². The minimum Gasteiger partial charge on any atom is -0.490 e. The van der Waals surface area contributed by atoms with Crippen LogP contribution < -0.4 is 10.1 Å². The van der Waals surface area contributed by atoms with Crippen LogP contribution in [0.5, 0.6) is 5.75 Å². The normalized spacial score (nSPS) is 25.8. The molecule has 4 aliphatic rings. The summed E-state index contributed by atoms with van der Waals surface area (Å²) in [5, 5.41) is 3.10. The Morgan fingerprint density at radius 3 is 2.41 bits per heavy atom. The number of likely N-dealkylation sites (tertiary alicyclic amines) is 1. The smallest absolute Gasteiger partial charge is 0.255 e. The molecule has 7 nitrogen and oxygen atoms in total. The van der Waals surface area contributed by atoms with Gasteiger partial charge in [0.25, 0.3) is 5.91 Å². The van der Waals surface area contributed by atoms with Crippen molar-refractivity contribution in [1.29, 1.82) is 0 Å². The number of nitrogens with zero attached hydrogens (tertiary/aromatic N) is 2. The molecule has 1 N–H and O–H groups in total. The van der Waals surface area contributed by atoms with E-state index < -0.39 is 6.04 Å². The molecule has 3 heterocycles. The summed E-state index contributed by atoms with van der Waals surface area (Å²) in [6, 6.07) is 21.7. The SMILES string of the molecule is O=C1CCC(N2Cc3cc(OC4CC5CN(Cc6ccccc6-c6ccc(Cl)cc6)CC5C4)ccc3C2=O)C(=O)N1. The molecule has 1 aliphatic carbocycles. The zero-order valence-electron chi connectivity index (χ0n) is 22.7. The van der Waals surface area contributed by atoms with Gasteiger partial charge in [-0.2, -0.15) is 0 Å². The quantitative estimate of drug-likeness (QED) is 0.420. The second-order valence-electron chi connectivity index (χ2n) is 11.8. The van der Waals surface area contributed by atoms with Gasteiger partial charge in [0.05, 0.1) is 6.10 Å². The first-order chi connectivity index (χ1) is 19.9. The van der Waals surface area contributed by atoms with Crippen LogP contribution in [0.4, 0.5) is 0 Å². The highest BCUT2D eigenvalue weighted by molar-refractivity contribution is 6.30. The molecule has 3 aromatic rings. The Balaban J connectivity index is 0.961. The molecule has 7 rings (SSSR count). The monoisotopic (exact) mass is 569 g/mol. The fourth-order valence-electron chi connectivity index (χ4n) is 7.19. The van der Waals surface area contributed by atoms with E-state index in [1.807, 2.05) is 30.3 Å². The Hall–Kier alpha value is -3.68. The van der Waals surface area contributed by atoms with Gasteiger partial charge in [0.2, 0.25) is 11.8 Å². The van der Waals surface area contributed by atoms with Crippen molar-refractivity contribution in [3.63, 3.8) is 0 Å². The maximum Gasteiger partial charge on any atom is 0.255 e. The molecule has 2 saturated heterocycles. The van der Waals surface area contributed by atoms with Crippen molar-refractivity contribution in [1.82, 2.24) is 15.1 Å². The van der Waals surface area contributed by atoms with Gasteiger partial charge in [0.1, 0.15) is 11.8 Å². The summed E-state index contributed by atoms with van der Waals surface area (Å²) in [6.45, 7) is 3.43. The molecule has 0 spiro atoms. The Kier molecular flexibility index (Phi) is 6.79. The molecule has 3 aromatic carbocycles. The summed E-state index contributed by atoms with van der Waals surface area (Å²) in [4.78, 5) is 41.0. The van der Waals surface area contributed by atoms with E-state index in [2.05, 4.69) is 46.6 Å². The topological polar surface area (TPSA) is 79.0 Å². The van der Waals surface area contributed by atoms with Crippen LogP contribution in [0.15, 0.2) is 66.7 Å². The molecule has 3 amide bonds. The average Bonchev–Trinajstić information content (AvgIpc) is 3.60. The number of amides is 3. The van der Waals surface area contributed by atoms with Gasteiger partial charge in [-0.3, -0.25) is 24.6 Å². The fourth-order valence-corrected chi connectivity index (χ4v) is 7.32. The number of nitrogens with one attached hydrogen (secondary N) is 1. The van der Waals surface area contributed by atoms with E-state index in [1.54, 1.807) is 4.90 Å². The second kappa shape index (κ2) is 10.6. The maximum atomic E-state index is 13.0. The van der Waals surface area contributed by atoms with E-state index >= 15 is 0 Å². The standard InChI is InChI=1S/C33H32ClN3O4/c34-25-7-5-20(6-8-25)28-4-2-1-3-21(28)16-36-17-22-13-27(14-23(22)18-36)41-26-9-10-29-24(15-26)19-37(33(29)40)30-11-12-31(38)35-32(30)39/h1-10,15,22-23,27,30H,11-14,16-19H2,(H,35,38,39). The molecule has 3 fully saturated rings. The van der Waals surface area contributed by atoms with E-state index in [9.17, 15) is 14.4 Å². The highest BCUT2D eigenvalue weighted by Gasteiger charge is 2.42. The number of benzene rings is 3. The van der Waals surface area contributed by atoms with Crippen LogP contribution in [0, 0.1) is 11.8 Å². The van der Waals surface area contributed by atoms with Gasteiger partial charge in [0, 0.05) is 43.2 Å². The first-order valence-electron chi connectivity index (χ1n) is 14.4. The van der Waals surface area contributed by atoms with Gasteiger partial charge >= 0.3 is 0 Å². The van der Waals surface area contributed by atoms with Crippen molar-refractivity contribution in [2.75, 3.05) is 13.1 Å². The highest BCUT2D eigenvalue weighted by Crippen LogP contribution is 2.41. The third-order valence-corrected chi connectivity index (χ3v) is 9.40. The minimum atomic E-state index is -0.604. The van der Waals surface area contributed by atoms with Crippen molar-refractivity contribution in [3.8, 4) is 16.9 Å². The van der Waals surface area contributed by atoms with Gasteiger partial charge in [-0.05, 0) is 83.7 Å². The maximum absolute atomic E-state index is 13.0. The molecule has 0 radical (unpaired) electrons. The zero-order valence-corrected chi connectivity index (χ0v) is 23.5. The van der Waals surface area contributed by atoms with E-state index in [0.717, 1.165) is 48.8 Å². The number of imide groups is 1. The number of piperidine rings is 1. The van der Waals surface area contributed by atoms with Crippen LogP contribution in [-0.2, 0) is 22.7 Å². The summed E-state index contributed by atoms with van der Waals surface area (Å²) < 4.78 is 6.45. The Bertz CT molecular complexity index is 1510. The Labute approximate surface area is 244 Å². The Morgan fingerprint density at radius 2 is 1.66 bits per heavy atom. The highest BCUT2D eigenvalue weighted by atomic mass is 35.5. The van der Waals surface area contributed by atoms with Crippen molar-refractivity contribution < 1.29 is 19.1 Å². The molecule has 210 valence electrons. The number of halogens is 1. The molecule has 1 saturated carbocycles. The number of carbonyl (C=O) groups excluding carboxylic acids is 3. The van der Waals surface area contributed by atoms with Crippen molar-refractivity contribution in [2.45, 2.75) is 50.9 Å². The predicted molar refractivity (Wildman–Crippen MR) is 155 cm³/mol. The number of carbonyl (C=O) groups is 3. The number of hydrogen-bond acceptors (Lipinski definition) is 5. The van der Waals surface area contributed by atoms with Gasteiger partial charge in [-0.25, -0.2) is 0 Å².